The number of sulfone groups is 1. The number of hydrogen-bond donors (Lipinski definition) is 2. The number of halogens is 1. The van der Waals surface area contributed by atoms with Crippen LogP contribution in [0.5, 0.6) is 0 Å². The molecule has 0 bridgehead atoms. The molecule has 0 fully saturated rings. The molecule has 4 nitrogen and oxygen atoms in total. The molecular weight excluding hydrogens is 332 g/mol. The summed E-state index contributed by atoms with van der Waals surface area (Å²) in [6.07, 6.45) is 0. The molecular formula is C14H13ClO4S2. The molecule has 1 atom stereocenters. The number of hydrogen-bond acceptors (Lipinski definition) is 4. The summed E-state index contributed by atoms with van der Waals surface area (Å²) in [5.74, 6) is -0.247. The molecule has 21 heavy (non-hydrogen) atoms. The maximum atomic E-state index is 12.8. The van der Waals surface area contributed by atoms with E-state index in [9.17, 15) is 17.5 Å². The van der Waals surface area contributed by atoms with Crippen LogP contribution in [-0.2, 0) is 9.84 Å². The van der Waals surface area contributed by atoms with Crippen molar-refractivity contribution < 1.29 is 17.5 Å². The van der Waals surface area contributed by atoms with Crippen LogP contribution >= 0.6 is 22.2 Å². The lowest BCUT2D eigenvalue weighted by atomic mass is 10.2. The standard InChI is InChI=1S/C14H13ClO4S2/c15-11-7-4-8-12-14(11)13(9-20(12,16)17)21(18,19)10-5-2-1-3-6-10/h1-8,13,16-17H,9H2. The van der Waals surface area contributed by atoms with E-state index in [1.54, 1.807) is 30.3 Å². The second-order valence-corrected chi connectivity index (χ2v) is 9.48. The Labute approximate surface area is 129 Å². The van der Waals surface area contributed by atoms with Crippen molar-refractivity contribution in [3.63, 3.8) is 0 Å². The van der Waals surface area contributed by atoms with E-state index in [-0.39, 0.29) is 20.6 Å². The molecule has 7 heteroatoms. The fraction of sp³-hybridized carbons (Fsp3) is 0.143. The molecule has 0 saturated heterocycles. The average molecular weight is 345 g/mol. The zero-order chi connectivity index (χ0) is 15.3. The molecule has 0 spiro atoms. The maximum Gasteiger partial charge on any atom is 0.187 e. The minimum Gasteiger partial charge on any atom is -0.295 e. The third-order valence-electron chi connectivity index (χ3n) is 3.52. The molecule has 1 aliphatic heterocycles. The van der Waals surface area contributed by atoms with Crippen LogP contribution in [0.1, 0.15) is 10.8 Å². The summed E-state index contributed by atoms with van der Waals surface area (Å²) in [5.41, 5.74) is 0.308. The monoisotopic (exact) mass is 344 g/mol. The number of rotatable bonds is 2. The van der Waals surface area contributed by atoms with Crippen molar-refractivity contribution in [1.29, 1.82) is 0 Å². The fourth-order valence-corrected chi connectivity index (χ4v) is 7.40. The van der Waals surface area contributed by atoms with E-state index >= 15 is 0 Å². The minimum absolute atomic E-state index is 0.151. The van der Waals surface area contributed by atoms with Crippen LogP contribution < -0.4 is 0 Å². The molecule has 0 radical (unpaired) electrons. The van der Waals surface area contributed by atoms with Gasteiger partial charge in [0.15, 0.2) is 9.84 Å². The largest absolute Gasteiger partial charge is 0.295 e. The van der Waals surface area contributed by atoms with Gasteiger partial charge in [0, 0.05) is 10.6 Å². The van der Waals surface area contributed by atoms with E-state index in [1.807, 2.05) is 0 Å². The lowest BCUT2D eigenvalue weighted by Gasteiger charge is -2.27. The highest BCUT2D eigenvalue weighted by Gasteiger charge is 2.44. The lowest BCUT2D eigenvalue weighted by molar-refractivity contribution is 0.491. The van der Waals surface area contributed by atoms with E-state index in [2.05, 4.69) is 0 Å². The zero-order valence-corrected chi connectivity index (χ0v) is 13.2. The first-order valence-corrected chi connectivity index (χ1v) is 9.81. The van der Waals surface area contributed by atoms with Crippen LogP contribution in [-0.4, -0.2) is 23.3 Å². The van der Waals surface area contributed by atoms with Crippen molar-refractivity contribution in [2.75, 3.05) is 5.75 Å². The topological polar surface area (TPSA) is 74.6 Å². The van der Waals surface area contributed by atoms with E-state index in [0.717, 1.165) is 0 Å². The van der Waals surface area contributed by atoms with Crippen molar-refractivity contribution in [2.45, 2.75) is 15.0 Å². The molecule has 3 rings (SSSR count). The van der Waals surface area contributed by atoms with Crippen LogP contribution in [0.3, 0.4) is 0 Å². The van der Waals surface area contributed by atoms with Crippen LogP contribution in [0.25, 0.3) is 0 Å². The Kier molecular flexibility index (Phi) is 3.54. The van der Waals surface area contributed by atoms with Gasteiger partial charge in [-0.25, -0.2) is 8.42 Å². The van der Waals surface area contributed by atoms with Crippen molar-refractivity contribution >= 4 is 32.0 Å². The molecule has 2 N–H and O–H groups in total. The summed E-state index contributed by atoms with van der Waals surface area (Å²) in [7, 11) is -6.86. The molecule has 112 valence electrons. The predicted molar refractivity (Wildman–Crippen MR) is 83.8 cm³/mol. The second-order valence-electron chi connectivity index (χ2n) is 4.83. The molecule has 1 unspecified atom stereocenters. The summed E-state index contributed by atoms with van der Waals surface area (Å²) < 4.78 is 45.9. The molecule has 2 aromatic carbocycles. The van der Waals surface area contributed by atoms with Crippen molar-refractivity contribution in [1.82, 2.24) is 0 Å². The van der Waals surface area contributed by atoms with Crippen molar-refractivity contribution in [3.05, 3.63) is 59.1 Å². The van der Waals surface area contributed by atoms with Crippen LogP contribution in [0.2, 0.25) is 5.02 Å². The normalized spacial score (nSPS) is 21.8. The van der Waals surface area contributed by atoms with E-state index < -0.39 is 25.7 Å². The van der Waals surface area contributed by atoms with E-state index in [4.69, 9.17) is 11.6 Å². The third kappa shape index (κ3) is 2.37. The summed E-state index contributed by atoms with van der Waals surface area (Å²) in [4.78, 5) is 0.387. The molecule has 0 aromatic heterocycles. The van der Waals surface area contributed by atoms with Gasteiger partial charge in [0.05, 0.1) is 15.5 Å². The van der Waals surface area contributed by atoms with Crippen molar-refractivity contribution in [3.8, 4) is 0 Å². The molecule has 1 aliphatic rings. The van der Waals surface area contributed by atoms with E-state index in [0.29, 0.717) is 5.56 Å². The van der Waals surface area contributed by atoms with Gasteiger partial charge in [-0.3, -0.25) is 9.11 Å². The Morgan fingerprint density at radius 1 is 1.05 bits per heavy atom. The average Bonchev–Trinajstić information content (AvgIpc) is 2.74. The van der Waals surface area contributed by atoms with Gasteiger partial charge in [-0.05, 0) is 24.3 Å². The lowest BCUT2D eigenvalue weighted by Crippen LogP contribution is -2.15. The SMILES string of the molecule is O=S(=O)(c1ccccc1)C1CS(O)(O)c2cccc(Cl)c21. The fourth-order valence-electron chi connectivity index (χ4n) is 2.52. The first-order chi connectivity index (χ1) is 9.84. The van der Waals surface area contributed by atoms with Crippen molar-refractivity contribution in [2.24, 2.45) is 0 Å². The molecule has 0 aliphatic carbocycles. The number of fused-ring (bicyclic) bond motifs is 1. The van der Waals surface area contributed by atoms with Gasteiger partial charge < -0.3 is 0 Å². The quantitative estimate of drug-likeness (QED) is 0.864. The molecule has 1 heterocycles. The minimum atomic E-state index is -3.73. The predicted octanol–water partition coefficient (Wildman–Crippen LogP) is 3.98. The summed E-state index contributed by atoms with van der Waals surface area (Å²) >= 11 is 6.11. The van der Waals surface area contributed by atoms with Gasteiger partial charge in [-0.2, -0.15) is 10.6 Å². The second kappa shape index (κ2) is 5.00. The summed E-state index contributed by atoms with van der Waals surface area (Å²) in [5, 5.41) is -0.789. The van der Waals surface area contributed by atoms with Gasteiger partial charge in [-0.1, -0.05) is 35.9 Å². The van der Waals surface area contributed by atoms with Crippen LogP contribution in [0.15, 0.2) is 58.3 Å². The third-order valence-corrected chi connectivity index (χ3v) is 8.00. The molecule has 2 aromatic rings. The van der Waals surface area contributed by atoms with Crippen LogP contribution in [0, 0.1) is 0 Å². The number of benzene rings is 2. The Balaban J connectivity index is 2.19. The highest BCUT2D eigenvalue weighted by molar-refractivity contribution is 8.25. The van der Waals surface area contributed by atoms with Crippen LogP contribution in [0.4, 0.5) is 0 Å². The summed E-state index contributed by atoms with van der Waals surface area (Å²) in [6, 6.07) is 12.7. The Hall–Kier alpha value is -1.05. The summed E-state index contributed by atoms with van der Waals surface area (Å²) in [6.45, 7) is 0. The Bertz CT molecular complexity index is 788. The Morgan fingerprint density at radius 2 is 1.71 bits per heavy atom. The molecule has 0 saturated carbocycles. The van der Waals surface area contributed by atoms with Gasteiger partial charge in [0.2, 0.25) is 0 Å². The smallest absolute Gasteiger partial charge is 0.187 e. The van der Waals surface area contributed by atoms with Gasteiger partial charge >= 0.3 is 0 Å². The first-order valence-electron chi connectivity index (χ1n) is 6.17. The maximum absolute atomic E-state index is 12.8. The molecule has 0 amide bonds. The Morgan fingerprint density at radius 3 is 2.38 bits per heavy atom. The highest BCUT2D eigenvalue weighted by Crippen LogP contribution is 2.62. The van der Waals surface area contributed by atoms with Gasteiger partial charge in [0.25, 0.3) is 0 Å². The highest BCUT2D eigenvalue weighted by atomic mass is 35.5. The van der Waals surface area contributed by atoms with Gasteiger partial charge in [0.1, 0.15) is 5.25 Å². The zero-order valence-electron chi connectivity index (χ0n) is 10.8. The van der Waals surface area contributed by atoms with Gasteiger partial charge in [-0.15, -0.1) is 0 Å². The van der Waals surface area contributed by atoms with E-state index in [1.165, 1.54) is 18.2 Å². The first kappa shape index (κ1) is 14.9.